The standard InChI is InChI=1S/C22H22N4O/c1-16-7-9-18(10-8-16)21-20(13-23-24-22(27)19-11-12-19)15-26(25-21)14-17-5-3-2-4-6-17/h2-10,13,15,19H,11-12,14H2,1H3,(H,24,27)/b23-13-. The van der Waals surface area contributed by atoms with Gasteiger partial charge in [0.15, 0.2) is 0 Å². The molecule has 1 aliphatic rings. The van der Waals surface area contributed by atoms with E-state index in [1.54, 1.807) is 6.21 Å². The molecule has 5 heteroatoms. The first-order chi connectivity index (χ1) is 13.2. The third kappa shape index (κ3) is 4.31. The average molecular weight is 358 g/mol. The number of nitrogens with zero attached hydrogens (tertiary/aromatic N) is 3. The number of hydrazone groups is 1. The van der Waals surface area contributed by atoms with Crippen LogP contribution in [0.2, 0.25) is 0 Å². The molecule has 1 amide bonds. The molecule has 1 N–H and O–H groups in total. The Morgan fingerprint density at radius 2 is 1.93 bits per heavy atom. The predicted molar refractivity (Wildman–Crippen MR) is 106 cm³/mol. The van der Waals surface area contributed by atoms with Gasteiger partial charge in [0.2, 0.25) is 5.91 Å². The monoisotopic (exact) mass is 358 g/mol. The van der Waals surface area contributed by atoms with E-state index in [1.165, 1.54) is 11.1 Å². The Balaban J connectivity index is 1.60. The molecular formula is C22H22N4O. The molecule has 27 heavy (non-hydrogen) atoms. The summed E-state index contributed by atoms with van der Waals surface area (Å²) in [5.41, 5.74) is 7.79. The van der Waals surface area contributed by atoms with Crippen molar-refractivity contribution in [3.05, 3.63) is 77.5 Å². The van der Waals surface area contributed by atoms with Crippen LogP contribution in [-0.4, -0.2) is 21.9 Å². The molecule has 0 atom stereocenters. The summed E-state index contributed by atoms with van der Waals surface area (Å²) in [6, 6.07) is 18.5. The van der Waals surface area contributed by atoms with Crippen LogP contribution in [0, 0.1) is 12.8 Å². The fourth-order valence-electron chi connectivity index (χ4n) is 2.92. The highest BCUT2D eigenvalue weighted by Gasteiger charge is 2.29. The molecule has 0 spiro atoms. The highest BCUT2D eigenvalue weighted by atomic mass is 16.2. The molecule has 1 saturated carbocycles. The van der Waals surface area contributed by atoms with Gasteiger partial charge in [-0.3, -0.25) is 9.48 Å². The molecule has 0 aliphatic heterocycles. The van der Waals surface area contributed by atoms with Crippen LogP contribution < -0.4 is 5.43 Å². The number of carbonyl (C=O) groups excluding carboxylic acids is 1. The van der Waals surface area contributed by atoms with Crippen molar-refractivity contribution in [2.24, 2.45) is 11.0 Å². The van der Waals surface area contributed by atoms with Crippen LogP contribution in [-0.2, 0) is 11.3 Å². The van der Waals surface area contributed by atoms with Crippen LogP contribution in [0.5, 0.6) is 0 Å². The molecule has 0 radical (unpaired) electrons. The summed E-state index contributed by atoms with van der Waals surface area (Å²) >= 11 is 0. The number of aromatic nitrogens is 2. The normalized spacial score (nSPS) is 13.8. The lowest BCUT2D eigenvalue weighted by Gasteiger charge is -2.02. The summed E-state index contributed by atoms with van der Waals surface area (Å²) in [5.74, 6) is 0.138. The smallest absolute Gasteiger partial charge is 0.243 e. The zero-order valence-corrected chi connectivity index (χ0v) is 15.3. The van der Waals surface area contributed by atoms with E-state index in [-0.39, 0.29) is 11.8 Å². The first kappa shape index (κ1) is 17.2. The van der Waals surface area contributed by atoms with Gasteiger partial charge in [-0.05, 0) is 25.3 Å². The number of hydrogen-bond acceptors (Lipinski definition) is 3. The first-order valence-electron chi connectivity index (χ1n) is 9.20. The molecule has 0 unspecified atom stereocenters. The minimum Gasteiger partial charge on any atom is -0.273 e. The van der Waals surface area contributed by atoms with Crippen molar-refractivity contribution < 1.29 is 4.79 Å². The number of rotatable bonds is 6. The van der Waals surface area contributed by atoms with E-state index in [9.17, 15) is 4.79 Å². The van der Waals surface area contributed by atoms with Gasteiger partial charge in [-0.15, -0.1) is 0 Å². The van der Waals surface area contributed by atoms with Crippen LogP contribution in [0.25, 0.3) is 11.3 Å². The van der Waals surface area contributed by atoms with E-state index in [4.69, 9.17) is 5.10 Å². The summed E-state index contributed by atoms with van der Waals surface area (Å²) in [6.07, 6.45) is 5.58. The van der Waals surface area contributed by atoms with Crippen molar-refractivity contribution in [2.45, 2.75) is 26.3 Å². The van der Waals surface area contributed by atoms with Crippen molar-refractivity contribution in [3.63, 3.8) is 0 Å². The lowest BCUT2D eigenvalue weighted by atomic mass is 10.1. The van der Waals surface area contributed by atoms with E-state index in [0.717, 1.165) is 29.7 Å². The molecule has 0 saturated heterocycles. The number of hydrogen-bond donors (Lipinski definition) is 1. The van der Waals surface area contributed by atoms with Gasteiger partial charge in [-0.2, -0.15) is 10.2 Å². The van der Waals surface area contributed by atoms with Gasteiger partial charge in [0.25, 0.3) is 0 Å². The van der Waals surface area contributed by atoms with E-state index < -0.39 is 0 Å². The average Bonchev–Trinajstić information content (AvgIpc) is 3.46. The van der Waals surface area contributed by atoms with Crippen LogP contribution in [0.3, 0.4) is 0 Å². The molecular weight excluding hydrogens is 336 g/mol. The fraction of sp³-hybridized carbons (Fsp3) is 0.227. The molecule has 3 aromatic rings. The molecule has 4 rings (SSSR count). The fourth-order valence-corrected chi connectivity index (χ4v) is 2.92. The summed E-state index contributed by atoms with van der Waals surface area (Å²) < 4.78 is 1.91. The SMILES string of the molecule is Cc1ccc(-c2nn(Cc3ccccc3)cc2/C=N\NC(=O)C2CC2)cc1. The Kier molecular flexibility index (Phi) is 4.83. The first-order valence-corrected chi connectivity index (χ1v) is 9.20. The van der Waals surface area contributed by atoms with Crippen LogP contribution >= 0.6 is 0 Å². The number of benzene rings is 2. The molecule has 5 nitrogen and oxygen atoms in total. The molecule has 2 aromatic carbocycles. The zero-order valence-electron chi connectivity index (χ0n) is 15.3. The Morgan fingerprint density at radius 3 is 2.63 bits per heavy atom. The third-order valence-corrected chi connectivity index (χ3v) is 4.63. The molecule has 1 heterocycles. The molecule has 1 aromatic heterocycles. The lowest BCUT2D eigenvalue weighted by Crippen LogP contribution is -2.18. The Labute approximate surface area is 158 Å². The highest BCUT2D eigenvalue weighted by molar-refractivity contribution is 5.90. The van der Waals surface area contributed by atoms with E-state index in [0.29, 0.717) is 6.54 Å². The second kappa shape index (κ2) is 7.58. The number of amides is 1. The second-order valence-electron chi connectivity index (χ2n) is 6.99. The molecule has 1 fully saturated rings. The highest BCUT2D eigenvalue weighted by Crippen LogP contribution is 2.28. The third-order valence-electron chi connectivity index (χ3n) is 4.63. The summed E-state index contributed by atoms with van der Waals surface area (Å²) in [5, 5.41) is 8.91. The van der Waals surface area contributed by atoms with Gasteiger partial charge in [0, 0.05) is 23.2 Å². The van der Waals surface area contributed by atoms with Gasteiger partial charge < -0.3 is 0 Å². The quantitative estimate of drug-likeness (QED) is 0.539. The molecule has 136 valence electrons. The topological polar surface area (TPSA) is 59.3 Å². The van der Waals surface area contributed by atoms with E-state index in [2.05, 4.69) is 53.8 Å². The van der Waals surface area contributed by atoms with Crippen molar-refractivity contribution in [2.75, 3.05) is 0 Å². The van der Waals surface area contributed by atoms with Gasteiger partial charge in [-0.1, -0.05) is 60.2 Å². The van der Waals surface area contributed by atoms with Crippen molar-refractivity contribution in [1.82, 2.24) is 15.2 Å². The van der Waals surface area contributed by atoms with E-state index >= 15 is 0 Å². The van der Waals surface area contributed by atoms with Crippen LogP contribution in [0.15, 0.2) is 65.9 Å². The Morgan fingerprint density at radius 1 is 1.19 bits per heavy atom. The largest absolute Gasteiger partial charge is 0.273 e. The summed E-state index contributed by atoms with van der Waals surface area (Å²) in [7, 11) is 0. The zero-order chi connectivity index (χ0) is 18.6. The Bertz CT molecular complexity index is 954. The van der Waals surface area contributed by atoms with Crippen LogP contribution in [0.4, 0.5) is 0 Å². The van der Waals surface area contributed by atoms with Gasteiger partial charge in [-0.25, -0.2) is 5.43 Å². The minimum absolute atomic E-state index is 0.000173. The van der Waals surface area contributed by atoms with Crippen molar-refractivity contribution in [3.8, 4) is 11.3 Å². The predicted octanol–water partition coefficient (Wildman–Crippen LogP) is 3.77. The molecule has 0 bridgehead atoms. The van der Waals surface area contributed by atoms with Crippen LogP contribution in [0.1, 0.15) is 29.5 Å². The molecule has 1 aliphatic carbocycles. The second-order valence-corrected chi connectivity index (χ2v) is 6.99. The maximum absolute atomic E-state index is 11.8. The Hall–Kier alpha value is -3.21. The minimum atomic E-state index is -0.000173. The van der Waals surface area contributed by atoms with Crippen molar-refractivity contribution >= 4 is 12.1 Å². The van der Waals surface area contributed by atoms with Gasteiger partial charge >= 0.3 is 0 Å². The van der Waals surface area contributed by atoms with Gasteiger partial charge in [0.05, 0.1) is 12.8 Å². The number of nitrogens with one attached hydrogen (secondary N) is 1. The summed E-state index contributed by atoms with van der Waals surface area (Å²) in [4.78, 5) is 11.8. The van der Waals surface area contributed by atoms with Crippen molar-refractivity contribution in [1.29, 1.82) is 0 Å². The lowest BCUT2D eigenvalue weighted by molar-refractivity contribution is -0.122. The maximum Gasteiger partial charge on any atom is 0.243 e. The number of carbonyl (C=O) groups is 1. The maximum atomic E-state index is 11.8. The van der Waals surface area contributed by atoms with Gasteiger partial charge in [0.1, 0.15) is 5.69 Å². The van der Waals surface area contributed by atoms with E-state index in [1.807, 2.05) is 29.1 Å². The summed E-state index contributed by atoms with van der Waals surface area (Å²) in [6.45, 7) is 2.75. The number of aryl methyl sites for hydroxylation is 1.